The van der Waals surface area contributed by atoms with Crippen molar-refractivity contribution in [2.45, 2.75) is 44.8 Å². The fourth-order valence-corrected chi connectivity index (χ4v) is 3.48. The molecule has 1 aromatic carbocycles. The maximum Gasteiger partial charge on any atom is 0.419 e. The fourth-order valence-electron chi connectivity index (χ4n) is 3.48. The highest BCUT2D eigenvalue weighted by molar-refractivity contribution is 5.92. The topological polar surface area (TPSA) is 71.5 Å². The van der Waals surface area contributed by atoms with Crippen LogP contribution >= 0.6 is 0 Å². The second-order valence-electron chi connectivity index (χ2n) is 7.50. The van der Waals surface area contributed by atoms with Crippen LogP contribution in [0.5, 0.6) is 0 Å². The summed E-state index contributed by atoms with van der Waals surface area (Å²) in [6, 6.07) is 2.49. The molecule has 0 aliphatic carbocycles. The Kier molecular flexibility index (Phi) is 6.57. The van der Waals surface area contributed by atoms with Gasteiger partial charge in [-0.05, 0) is 49.2 Å². The molecule has 2 heterocycles. The number of hydrogen-bond acceptors (Lipinski definition) is 4. The Labute approximate surface area is 184 Å². The van der Waals surface area contributed by atoms with Crippen LogP contribution in [0.1, 0.15) is 41.0 Å². The number of amides is 3. The molecule has 1 saturated heterocycles. The van der Waals surface area contributed by atoms with Gasteiger partial charge in [-0.15, -0.1) is 0 Å². The van der Waals surface area contributed by atoms with E-state index in [1.54, 1.807) is 12.3 Å². The molecule has 0 spiro atoms. The summed E-state index contributed by atoms with van der Waals surface area (Å²) in [5.41, 5.74) is -1.98. The summed E-state index contributed by atoms with van der Waals surface area (Å²) in [7, 11) is 0. The summed E-state index contributed by atoms with van der Waals surface area (Å²) in [6.45, 7) is 3.23. The quantitative estimate of drug-likeness (QED) is 0.613. The maximum atomic E-state index is 13.2. The van der Waals surface area contributed by atoms with Crippen molar-refractivity contribution in [2.24, 2.45) is 0 Å². The Bertz CT molecular complexity index is 1020. The zero-order valence-electron chi connectivity index (χ0n) is 17.4. The molecule has 0 bridgehead atoms. The van der Waals surface area contributed by atoms with Gasteiger partial charge in [0, 0.05) is 24.9 Å². The molecular formula is C21H19F6N3O3. The summed E-state index contributed by atoms with van der Waals surface area (Å²) in [4.78, 5) is 29.5. The Hall–Kier alpha value is -3.31. The SMILES string of the molecule is Cc1cccnc1CCNC(=O)N1C(=O)O[C@H](c2cc(C(F)(F)F)cc(C(F)(F)F)c2)[C@@H]1C. The first-order valence-corrected chi connectivity index (χ1v) is 9.76. The number of cyclic esters (lactones) is 1. The lowest BCUT2D eigenvalue weighted by molar-refractivity contribution is -0.143. The molecule has 0 unspecified atom stereocenters. The third-order valence-electron chi connectivity index (χ3n) is 5.18. The minimum Gasteiger partial charge on any atom is -0.439 e. The number of rotatable bonds is 4. The van der Waals surface area contributed by atoms with Crippen LogP contribution in [0, 0.1) is 6.92 Å². The van der Waals surface area contributed by atoms with E-state index >= 15 is 0 Å². The molecule has 1 aliphatic heterocycles. The number of alkyl halides is 6. The molecule has 3 rings (SSSR count). The molecule has 2 atom stereocenters. The van der Waals surface area contributed by atoms with Crippen molar-refractivity contribution in [2.75, 3.05) is 6.54 Å². The first-order chi connectivity index (χ1) is 15.3. The minimum atomic E-state index is -5.05. The van der Waals surface area contributed by atoms with Crippen LogP contribution in [-0.2, 0) is 23.5 Å². The standard InChI is InChI=1S/C21H19F6N3O3/c1-11-4-3-6-28-16(11)5-7-29-18(31)30-12(2)17(33-19(30)32)13-8-14(20(22,23)24)10-15(9-13)21(25,26)27/h3-4,6,8-10,12,17H,5,7H2,1-2H3,(H,29,31)/t12-,17-/m0/s1. The molecular weight excluding hydrogens is 456 g/mol. The highest BCUT2D eigenvalue weighted by Crippen LogP contribution is 2.40. The molecule has 2 aromatic rings. The van der Waals surface area contributed by atoms with Crippen LogP contribution in [0.25, 0.3) is 0 Å². The minimum absolute atomic E-state index is 0.0188. The van der Waals surface area contributed by atoms with E-state index in [0.29, 0.717) is 23.5 Å². The van der Waals surface area contributed by atoms with Gasteiger partial charge in [0.2, 0.25) is 0 Å². The summed E-state index contributed by atoms with van der Waals surface area (Å²) < 4.78 is 83.9. The predicted molar refractivity (Wildman–Crippen MR) is 103 cm³/mol. The summed E-state index contributed by atoms with van der Waals surface area (Å²) in [5.74, 6) is 0. The molecule has 178 valence electrons. The van der Waals surface area contributed by atoms with E-state index in [9.17, 15) is 35.9 Å². The number of pyridine rings is 1. The number of benzene rings is 1. The van der Waals surface area contributed by atoms with E-state index in [0.717, 1.165) is 11.3 Å². The van der Waals surface area contributed by atoms with Crippen LogP contribution in [0.2, 0.25) is 0 Å². The van der Waals surface area contributed by atoms with Crippen molar-refractivity contribution in [3.8, 4) is 0 Å². The van der Waals surface area contributed by atoms with Crippen LogP contribution in [0.3, 0.4) is 0 Å². The lowest BCUT2D eigenvalue weighted by Crippen LogP contribution is -2.45. The molecule has 1 aliphatic rings. The number of carbonyl (C=O) groups is 2. The summed E-state index contributed by atoms with van der Waals surface area (Å²) >= 11 is 0. The average molecular weight is 475 g/mol. The van der Waals surface area contributed by atoms with E-state index in [1.807, 2.05) is 13.0 Å². The van der Waals surface area contributed by atoms with Crippen molar-refractivity contribution in [3.05, 3.63) is 64.5 Å². The third kappa shape index (κ3) is 5.37. The number of carbonyl (C=O) groups excluding carboxylic acids is 2. The number of aromatic nitrogens is 1. The van der Waals surface area contributed by atoms with E-state index in [-0.39, 0.29) is 12.6 Å². The molecule has 0 saturated carbocycles. The van der Waals surface area contributed by atoms with E-state index in [4.69, 9.17) is 4.74 Å². The van der Waals surface area contributed by atoms with Crippen molar-refractivity contribution in [3.63, 3.8) is 0 Å². The second kappa shape index (κ2) is 8.91. The third-order valence-corrected chi connectivity index (χ3v) is 5.18. The lowest BCUT2D eigenvalue weighted by Gasteiger charge is -2.21. The smallest absolute Gasteiger partial charge is 0.419 e. The monoisotopic (exact) mass is 475 g/mol. The van der Waals surface area contributed by atoms with Crippen molar-refractivity contribution in [1.82, 2.24) is 15.2 Å². The molecule has 1 aromatic heterocycles. The largest absolute Gasteiger partial charge is 0.439 e. The maximum absolute atomic E-state index is 13.2. The fraction of sp³-hybridized carbons (Fsp3) is 0.381. The van der Waals surface area contributed by atoms with Gasteiger partial charge in [-0.1, -0.05) is 6.07 Å². The number of nitrogens with one attached hydrogen (secondary N) is 1. The number of ether oxygens (including phenoxy) is 1. The number of imide groups is 1. The molecule has 1 fully saturated rings. The van der Waals surface area contributed by atoms with E-state index in [1.165, 1.54) is 6.92 Å². The van der Waals surface area contributed by atoms with Crippen LogP contribution < -0.4 is 5.32 Å². The van der Waals surface area contributed by atoms with Crippen molar-refractivity contribution >= 4 is 12.1 Å². The zero-order valence-corrected chi connectivity index (χ0v) is 17.4. The molecule has 0 radical (unpaired) electrons. The van der Waals surface area contributed by atoms with Crippen LogP contribution in [0.4, 0.5) is 35.9 Å². The summed E-state index contributed by atoms with van der Waals surface area (Å²) in [6.07, 6.45) is -10.9. The Morgan fingerprint density at radius 2 is 1.73 bits per heavy atom. The van der Waals surface area contributed by atoms with E-state index < -0.39 is 53.3 Å². The van der Waals surface area contributed by atoms with Gasteiger partial charge >= 0.3 is 24.5 Å². The van der Waals surface area contributed by atoms with Gasteiger partial charge in [0.1, 0.15) is 6.10 Å². The molecule has 6 nitrogen and oxygen atoms in total. The lowest BCUT2D eigenvalue weighted by atomic mass is 9.97. The number of halogens is 6. The Morgan fingerprint density at radius 3 is 2.27 bits per heavy atom. The first-order valence-electron chi connectivity index (χ1n) is 9.76. The van der Waals surface area contributed by atoms with Gasteiger partial charge in [0.15, 0.2) is 0 Å². The molecule has 3 amide bonds. The Morgan fingerprint density at radius 1 is 1.12 bits per heavy atom. The highest BCUT2D eigenvalue weighted by atomic mass is 19.4. The average Bonchev–Trinajstić information content (AvgIpc) is 3.02. The Balaban J connectivity index is 1.78. The normalized spacial score (nSPS) is 18.9. The van der Waals surface area contributed by atoms with Gasteiger partial charge in [0.05, 0.1) is 17.2 Å². The van der Waals surface area contributed by atoms with Crippen molar-refractivity contribution < 1.29 is 40.7 Å². The predicted octanol–water partition coefficient (Wildman–Crippen LogP) is 5.26. The molecule has 12 heteroatoms. The second-order valence-corrected chi connectivity index (χ2v) is 7.50. The number of nitrogens with zero attached hydrogens (tertiary/aromatic N) is 2. The van der Waals surface area contributed by atoms with Gasteiger partial charge in [-0.25, -0.2) is 14.5 Å². The van der Waals surface area contributed by atoms with E-state index in [2.05, 4.69) is 10.3 Å². The zero-order chi connectivity index (χ0) is 24.6. The summed E-state index contributed by atoms with van der Waals surface area (Å²) in [5, 5.41) is 2.49. The van der Waals surface area contributed by atoms with Crippen LogP contribution in [-0.4, -0.2) is 34.6 Å². The van der Waals surface area contributed by atoms with Crippen molar-refractivity contribution in [1.29, 1.82) is 0 Å². The van der Waals surface area contributed by atoms with Gasteiger partial charge in [-0.3, -0.25) is 4.98 Å². The number of aryl methyl sites for hydroxylation is 1. The van der Waals surface area contributed by atoms with Gasteiger partial charge < -0.3 is 10.1 Å². The van der Waals surface area contributed by atoms with Crippen LogP contribution in [0.15, 0.2) is 36.5 Å². The molecule has 33 heavy (non-hydrogen) atoms. The van der Waals surface area contributed by atoms with Gasteiger partial charge in [-0.2, -0.15) is 26.3 Å². The number of hydrogen-bond donors (Lipinski definition) is 1. The van der Waals surface area contributed by atoms with Gasteiger partial charge in [0.25, 0.3) is 0 Å². The number of urea groups is 1. The molecule has 1 N–H and O–H groups in total. The highest BCUT2D eigenvalue weighted by Gasteiger charge is 2.45. The first kappa shape index (κ1) is 24.3.